The van der Waals surface area contributed by atoms with E-state index in [9.17, 15) is 9.90 Å². The molecule has 0 bridgehead atoms. The van der Waals surface area contributed by atoms with Gasteiger partial charge in [-0.3, -0.25) is 4.79 Å². The van der Waals surface area contributed by atoms with E-state index in [1.165, 1.54) is 0 Å². The number of ketones is 1. The fourth-order valence-electron chi connectivity index (χ4n) is 2.50. The molecule has 0 saturated heterocycles. The van der Waals surface area contributed by atoms with Gasteiger partial charge >= 0.3 is 0 Å². The molecule has 17 heavy (non-hydrogen) atoms. The predicted octanol–water partition coefficient (Wildman–Crippen LogP) is 3.52. The maximum atomic E-state index is 12.0. The Morgan fingerprint density at radius 3 is 2.53 bits per heavy atom. The quantitative estimate of drug-likeness (QED) is 0.874. The van der Waals surface area contributed by atoms with Gasteiger partial charge in [0.25, 0.3) is 0 Å². The average molecular weight is 253 g/mol. The van der Waals surface area contributed by atoms with Gasteiger partial charge in [-0.25, -0.2) is 0 Å². The van der Waals surface area contributed by atoms with Gasteiger partial charge in [-0.1, -0.05) is 30.2 Å². The van der Waals surface area contributed by atoms with Crippen molar-refractivity contribution in [3.05, 3.63) is 34.9 Å². The smallest absolute Gasteiger partial charge is 0.141 e. The highest BCUT2D eigenvalue weighted by Gasteiger charge is 2.42. The van der Waals surface area contributed by atoms with E-state index in [2.05, 4.69) is 0 Å². The Morgan fingerprint density at radius 2 is 1.94 bits per heavy atom. The number of halogens is 1. The normalized spacial score (nSPS) is 26.9. The maximum Gasteiger partial charge on any atom is 0.141 e. The van der Waals surface area contributed by atoms with Crippen molar-refractivity contribution < 1.29 is 9.90 Å². The summed E-state index contributed by atoms with van der Waals surface area (Å²) in [6.07, 6.45) is 2.57. The Labute approximate surface area is 107 Å². The van der Waals surface area contributed by atoms with E-state index in [0.29, 0.717) is 11.4 Å². The maximum absolute atomic E-state index is 12.0. The molecule has 2 nitrogen and oxygen atoms in total. The fraction of sp³-hybridized carbons (Fsp3) is 0.500. The van der Waals surface area contributed by atoms with E-state index < -0.39 is 11.5 Å². The minimum Gasteiger partial charge on any atom is -0.387 e. The van der Waals surface area contributed by atoms with Crippen LogP contribution in [-0.2, 0) is 4.79 Å². The average Bonchev–Trinajstić information content (AvgIpc) is 2.33. The highest BCUT2D eigenvalue weighted by Crippen LogP contribution is 2.43. The van der Waals surface area contributed by atoms with Gasteiger partial charge in [0.1, 0.15) is 5.78 Å². The summed E-state index contributed by atoms with van der Waals surface area (Å²) in [5, 5.41) is 11.0. The number of benzene rings is 1. The molecule has 1 saturated carbocycles. The van der Waals surface area contributed by atoms with Crippen LogP contribution in [0.15, 0.2) is 24.3 Å². The predicted molar refractivity (Wildman–Crippen MR) is 68.0 cm³/mol. The monoisotopic (exact) mass is 252 g/mol. The minimum absolute atomic E-state index is 0.172. The Bertz CT molecular complexity index is 413. The van der Waals surface area contributed by atoms with Gasteiger partial charge in [-0.15, -0.1) is 0 Å². The number of rotatable bonds is 2. The summed E-state index contributed by atoms with van der Waals surface area (Å²) in [7, 11) is 0. The molecule has 1 N–H and O–H groups in total. The molecule has 0 aliphatic heterocycles. The number of aliphatic hydroxyl groups excluding tert-OH is 1. The molecule has 92 valence electrons. The van der Waals surface area contributed by atoms with Crippen LogP contribution in [0.4, 0.5) is 0 Å². The lowest BCUT2D eigenvalue weighted by atomic mass is 9.69. The van der Waals surface area contributed by atoms with Crippen LogP contribution in [0.3, 0.4) is 0 Å². The number of carbonyl (C=O) groups excluding carboxylic acids is 1. The third kappa shape index (κ3) is 2.38. The van der Waals surface area contributed by atoms with Crippen molar-refractivity contribution in [3.8, 4) is 0 Å². The van der Waals surface area contributed by atoms with Crippen LogP contribution in [0, 0.1) is 5.41 Å². The van der Waals surface area contributed by atoms with Crippen molar-refractivity contribution in [1.29, 1.82) is 0 Å². The molecule has 1 aromatic carbocycles. The van der Waals surface area contributed by atoms with Crippen LogP contribution in [0.2, 0.25) is 5.02 Å². The Morgan fingerprint density at radius 1 is 1.29 bits per heavy atom. The third-order valence-electron chi connectivity index (χ3n) is 3.78. The molecule has 2 atom stereocenters. The molecule has 0 heterocycles. The number of carbonyl (C=O) groups is 1. The van der Waals surface area contributed by atoms with Crippen LogP contribution in [0.5, 0.6) is 0 Å². The van der Waals surface area contributed by atoms with Gasteiger partial charge < -0.3 is 5.11 Å². The first-order chi connectivity index (χ1) is 8.04. The zero-order chi connectivity index (χ0) is 12.5. The summed E-state index contributed by atoms with van der Waals surface area (Å²) in [6.45, 7) is 1.87. The summed E-state index contributed by atoms with van der Waals surface area (Å²) in [5.74, 6) is 0.172. The van der Waals surface area contributed by atoms with Crippen LogP contribution < -0.4 is 0 Å². The molecule has 1 aliphatic rings. The van der Waals surface area contributed by atoms with Gasteiger partial charge in [0.15, 0.2) is 0 Å². The van der Waals surface area contributed by atoms with Crippen molar-refractivity contribution in [2.24, 2.45) is 5.41 Å². The van der Waals surface area contributed by atoms with Crippen molar-refractivity contribution in [2.45, 2.75) is 38.7 Å². The summed E-state index contributed by atoms with van der Waals surface area (Å²) in [4.78, 5) is 12.0. The first kappa shape index (κ1) is 12.6. The summed E-state index contributed by atoms with van der Waals surface area (Å²) in [6, 6.07) is 7.08. The van der Waals surface area contributed by atoms with Crippen molar-refractivity contribution in [3.63, 3.8) is 0 Å². The second-order valence-electron chi connectivity index (χ2n) is 5.00. The first-order valence-corrected chi connectivity index (χ1v) is 6.39. The molecule has 3 heteroatoms. The lowest BCUT2D eigenvalue weighted by Gasteiger charge is -2.36. The topological polar surface area (TPSA) is 37.3 Å². The molecule has 2 rings (SSSR count). The molecule has 0 radical (unpaired) electrons. The van der Waals surface area contributed by atoms with E-state index in [0.717, 1.165) is 24.8 Å². The molecule has 1 aliphatic carbocycles. The lowest BCUT2D eigenvalue weighted by molar-refractivity contribution is -0.138. The van der Waals surface area contributed by atoms with Crippen LogP contribution in [0.1, 0.15) is 44.3 Å². The summed E-state index contributed by atoms with van der Waals surface area (Å²) in [5.41, 5.74) is 0.138. The highest BCUT2D eigenvalue weighted by atomic mass is 35.5. The highest BCUT2D eigenvalue weighted by molar-refractivity contribution is 6.30. The number of hydrogen-bond acceptors (Lipinski definition) is 2. The second kappa shape index (κ2) is 4.79. The van der Waals surface area contributed by atoms with Crippen molar-refractivity contribution in [2.75, 3.05) is 0 Å². The van der Waals surface area contributed by atoms with Gasteiger partial charge in [0, 0.05) is 11.4 Å². The largest absolute Gasteiger partial charge is 0.387 e. The van der Waals surface area contributed by atoms with Gasteiger partial charge in [0.2, 0.25) is 0 Å². The van der Waals surface area contributed by atoms with E-state index in [-0.39, 0.29) is 5.78 Å². The number of hydrogen-bond donors (Lipinski definition) is 1. The van der Waals surface area contributed by atoms with Gasteiger partial charge in [-0.2, -0.15) is 0 Å². The molecule has 1 fully saturated rings. The molecule has 0 aromatic heterocycles. The Hall–Kier alpha value is -0.860. The van der Waals surface area contributed by atoms with E-state index >= 15 is 0 Å². The van der Waals surface area contributed by atoms with E-state index in [1.807, 2.05) is 6.92 Å². The third-order valence-corrected chi connectivity index (χ3v) is 4.03. The van der Waals surface area contributed by atoms with Crippen molar-refractivity contribution in [1.82, 2.24) is 0 Å². The van der Waals surface area contributed by atoms with Crippen LogP contribution in [0.25, 0.3) is 0 Å². The Balaban J connectivity index is 2.26. The van der Waals surface area contributed by atoms with Crippen LogP contribution in [-0.4, -0.2) is 10.9 Å². The zero-order valence-electron chi connectivity index (χ0n) is 9.95. The second-order valence-corrected chi connectivity index (χ2v) is 5.44. The SMILES string of the molecule is C[C@]1(C(O)c2ccc(Cl)cc2)CCCCC1=O. The minimum atomic E-state index is -0.729. The molecule has 1 aromatic rings. The van der Waals surface area contributed by atoms with Crippen molar-refractivity contribution >= 4 is 17.4 Å². The van der Waals surface area contributed by atoms with Gasteiger partial charge in [-0.05, 0) is 37.5 Å². The first-order valence-electron chi connectivity index (χ1n) is 6.01. The molecular weight excluding hydrogens is 236 g/mol. The molecule has 1 unspecified atom stereocenters. The lowest BCUT2D eigenvalue weighted by Crippen LogP contribution is -2.37. The molecule has 0 spiro atoms. The summed E-state index contributed by atoms with van der Waals surface area (Å²) >= 11 is 5.82. The van der Waals surface area contributed by atoms with E-state index in [4.69, 9.17) is 11.6 Å². The zero-order valence-corrected chi connectivity index (χ0v) is 10.7. The molecular formula is C14H17ClO2. The number of aliphatic hydroxyl groups is 1. The number of Topliss-reactive ketones (excluding diaryl/α,β-unsaturated/α-hetero) is 1. The van der Waals surface area contributed by atoms with Crippen LogP contribution >= 0.6 is 11.6 Å². The fourth-order valence-corrected chi connectivity index (χ4v) is 2.63. The van der Waals surface area contributed by atoms with E-state index in [1.54, 1.807) is 24.3 Å². The standard InChI is InChI=1S/C14H17ClO2/c1-14(9-3-2-4-12(14)16)13(17)10-5-7-11(15)8-6-10/h5-8,13,17H,2-4,9H2,1H3/t13?,14-/m0/s1. The van der Waals surface area contributed by atoms with Gasteiger partial charge in [0.05, 0.1) is 11.5 Å². The molecule has 0 amide bonds. The Kier molecular flexibility index (Phi) is 3.55. The summed E-state index contributed by atoms with van der Waals surface area (Å²) < 4.78 is 0.